The fraction of sp³-hybridized carbons (Fsp3) is 0.500. The van der Waals surface area contributed by atoms with Gasteiger partial charge in [0.05, 0.1) is 6.61 Å². The van der Waals surface area contributed by atoms with E-state index in [0.29, 0.717) is 19.8 Å². The normalized spacial score (nSPS) is 10.5. The molecule has 0 aliphatic carbocycles. The highest BCUT2D eigenvalue weighted by Crippen LogP contribution is 2.14. The molecule has 0 saturated carbocycles. The average Bonchev–Trinajstić information content (AvgIpc) is 2.39. The van der Waals surface area contributed by atoms with Gasteiger partial charge >= 0.3 is 7.12 Å². The van der Waals surface area contributed by atoms with Gasteiger partial charge in [0.25, 0.3) is 0 Å². The lowest BCUT2D eigenvalue weighted by Crippen LogP contribution is -2.30. The molecule has 106 valence electrons. The first-order chi connectivity index (χ1) is 9.15. The lowest BCUT2D eigenvalue weighted by molar-refractivity contribution is 0.0797. The van der Waals surface area contributed by atoms with Crippen LogP contribution in [0.4, 0.5) is 4.39 Å². The Morgan fingerprint density at radius 2 is 1.95 bits per heavy atom. The van der Waals surface area contributed by atoms with Gasteiger partial charge in [-0.1, -0.05) is 6.07 Å². The number of ether oxygens (including phenoxy) is 3. The van der Waals surface area contributed by atoms with E-state index in [1.54, 1.807) is 7.11 Å². The van der Waals surface area contributed by atoms with Crippen molar-refractivity contribution in [1.82, 2.24) is 0 Å². The van der Waals surface area contributed by atoms with Gasteiger partial charge in [-0.05, 0) is 24.0 Å². The lowest BCUT2D eigenvalue weighted by atomic mass is 9.80. The maximum absolute atomic E-state index is 13.4. The van der Waals surface area contributed by atoms with Crippen molar-refractivity contribution in [3.8, 4) is 5.75 Å². The van der Waals surface area contributed by atoms with Crippen LogP contribution in [0.1, 0.15) is 6.42 Å². The highest BCUT2D eigenvalue weighted by atomic mass is 19.1. The molecule has 0 heterocycles. The maximum atomic E-state index is 13.4. The summed E-state index contributed by atoms with van der Waals surface area (Å²) >= 11 is 0. The minimum Gasteiger partial charge on any atom is -0.488 e. The molecular weight excluding hydrogens is 254 g/mol. The zero-order valence-corrected chi connectivity index (χ0v) is 10.8. The average molecular weight is 272 g/mol. The van der Waals surface area contributed by atoms with Crippen LogP contribution in [0, 0.1) is 5.82 Å². The Kier molecular flexibility index (Phi) is 7.43. The number of benzene rings is 1. The van der Waals surface area contributed by atoms with Gasteiger partial charge in [-0.15, -0.1) is 0 Å². The SMILES string of the molecule is COCCCOCCOc1cc(B(O)O)ccc1F. The van der Waals surface area contributed by atoms with Crippen molar-refractivity contribution in [2.45, 2.75) is 6.42 Å². The summed E-state index contributed by atoms with van der Waals surface area (Å²) in [7, 11) is -0.0256. The van der Waals surface area contributed by atoms with Crippen LogP contribution in [0.3, 0.4) is 0 Å². The summed E-state index contributed by atoms with van der Waals surface area (Å²) in [6.07, 6.45) is 0.789. The second-order valence-corrected chi connectivity index (χ2v) is 3.87. The molecule has 0 saturated heterocycles. The molecule has 0 unspecified atom stereocenters. The Morgan fingerprint density at radius 1 is 1.16 bits per heavy atom. The van der Waals surface area contributed by atoms with Gasteiger partial charge in [-0.3, -0.25) is 0 Å². The molecule has 7 heteroatoms. The van der Waals surface area contributed by atoms with E-state index in [1.165, 1.54) is 12.1 Å². The number of halogens is 1. The van der Waals surface area contributed by atoms with Crippen LogP contribution >= 0.6 is 0 Å². The van der Waals surface area contributed by atoms with E-state index in [2.05, 4.69) is 0 Å². The molecule has 0 amide bonds. The largest absolute Gasteiger partial charge is 0.488 e. The highest BCUT2D eigenvalue weighted by Gasteiger charge is 2.14. The summed E-state index contributed by atoms with van der Waals surface area (Å²) in [6, 6.07) is 3.67. The van der Waals surface area contributed by atoms with Gasteiger partial charge in [0.15, 0.2) is 11.6 Å². The fourth-order valence-corrected chi connectivity index (χ4v) is 1.41. The van der Waals surface area contributed by atoms with Crippen LogP contribution in [-0.2, 0) is 9.47 Å². The Morgan fingerprint density at radius 3 is 2.63 bits per heavy atom. The van der Waals surface area contributed by atoms with Gasteiger partial charge in [0, 0.05) is 20.3 Å². The van der Waals surface area contributed by atoms with Crippen molar-refractivity contribution >= 4 is 12.6 Å². The molecular formula is C12H18BFO5. The Bertz CT molecular complexity index is 375. The van der Waals surface area contributed by atoms with Crippen molar-refractivity contribution in [1.29, 1.82) is 0 Å². The third kappa shape index (κ3) is 6.02. The van der Waals surface area contributed by atoms with E-state index in [4.69, 9.17) is 24.3 Å². The van der Waals surface area contributed by atoms with E-state index < -0.39 is 12.9 Å². The summed E-state index contributed by atoms with van der Waals surface area (Å²) < 4.78 is 28.7. The maximum Gasteiger partial charge on any atom is 0.488 e. The van der Waals surface area contributed by atoms with Gasteiger partial charge in [-0.25, -0.2) is 4.39 Å². The van der Waals surface area contributed by atoms with Crippen molar-refractivity contribution in [3.05, 3.63) is 24.0 Å². The first-order valence-electron chi connectivity index (χ1n) is 6.00. The minimum atomic E-state index is -1.65. The Balaban J connectivity index is 2.30. The number of methoxy groups -OCH3 is 1. The Labute approximate surface area is 112 Å². The summed E-state index contributed by atoms with van der Waals surface area (Å²) in [6.45, 7) is 1.70. The molecule has 0 spiro atoms. The predicted molar refractivity (Wildman–Crippen MR) is 69.0 cm³/mol. The van der Waals surface area contributed by atoms with Gasteiger partial charge in [-0.2, -0.15) is 0 Å². The van der Waals surface area contributed by atoms with Crippen LogP contribution < -0.4 is 10.2 Å². The van der Waals surface area contributed by atoms with E-state index in [1.807, 2.05) is 0 Å². The van der Waals surface area contributed by atoms with Gasteiger partial charge in [0.2, 0.25) is 0 Å². The molecule has 1 rings (SSSR count). The van der Waals surface area contributed by atoms with Crippen LogP contribution in [0.2, 0.25) is 0 Å². The van der Waals surface area contributed by atoms with E-state index in [9.17, 15) is 4.39 Å². The van der Waals surface area contributed by atoms with Crippen LogP contribution in [0.15, 0.2) is 18.2 Å². The van der Waals surface area contributed by atoms with E-state index >= 15 is 0 Å². The zero-order valence-electron chi connectivity index (χ0n) is 10.8. The number of hydrogen-bond donors (Lipinski definition) is 2. The smallest absolute Gasteiger partial charge is 0.488 e. The van der Waals surface area contributed by atoms with Crippen molar-refractivity contribution in [2.24, 2.45) is 0 Å². The Hall–Kier alpha value is -1.15. The molecule has 0 radical (unpaired) electrons. The minimum absolute atomic E-state index is 0.0221. The predicted octanol–water partition coefficient (Wildman–Crippen LogP) is -0.0626. The topological polar surface area (TPSA) is 68.2 Å². The van der Waals surface area contributed by atoms with Crippen molar-refractivity contribution in [2.75, 3.05) is 33.5 Å². The molecule has 19 heavy (non-hydrogen) atoms. The number of rotatable bonds is 9. The summed E-state index contributed by atoms with van der Waals surface area (Å²) in [5, 5.41) is 17.9. The monoisotopic (exact) mass is 272 g/mol. The summed E-state index contributed by atoms with van der Waals surface area (Å²) in [4.78, 5) is 0. The molecule has 0 atom stereocenters. The molecule has 0 fully saturated rings. The molecule has 1 aromatic rings. The van der Waals surface area contributed by atoms with Crippen LogP contribution in [0.25, 0.3) is 0 Å². The first kappa shape index (κ1) is 15.9. The molecule has 0 aliphatic heterocycles. The highest BCUT2D eigenvalue weighted by molar-refractivity contribution is 6.58. The fourth-order valence-electron chi connectivity index (χ4n) is 1.41. The third-order valence-corrected chi connectivity index (χ3v) is 2.38. The molecule has 0 aromatic heterocycles. The zero-order chi connectivity index (χ0) is 14.1. The number of hydrogen-bond acceptors (Lipinski definition) is 5. The summed E-state index contributed by atoms with van der Waals surface area (Å²) in [5.41, 5.74) is 0.178. The van der Waals surface area contributed by atoms with Crippen molar-refractivity contribution < 1.29 is 28.6 Å². The molecule has 5 nitrogen and oxygen atoms in total. The van der Waals surface area contributed by atoms with Crippen LogP contribution in [-0.4, -0.2) is 50.7 Å². The molecule has 2 N–H and O–H groups in total. The molecule has 0 bridgehead atoms. The quantitative estimate of drug-likeness (QED) is 0.487. The van der Waals surface area contributed by atoms with E-state index in [0.717, 1.165) is 12.5 Å². The third-order valence-electron chi connectivity index (χ3n) is 2.38. The molecule has 0 aliphatic rings. The lowest BCUT2D eigenvalue weighted by Gasteiger charge is -2.09. The van der Waals surface area contributed by atoms with Crippen molar-refractivity contribution in [3.63, 3.8) is 0 Å². The van der Waals surface area contributed by atoms with Gasteiger partial charge in [0.1, 0.15) is 6.61 Å². The first-order valence-corrected chi connectivity index (χ1v) is 6.00. The summed E-state index contributed by atoms with van der Waals surface area (Å²) in [5.74, 6) is -0.574. The van der Waals surface area contributed by atoms with E-state index in [-0.39, 0.29) is 17.8 Å². The second kappa shape index (κ2) is 8.87. The standard InChI is InChI=1S/C12H18BFO5/c1-17-5-2-6-18-7-8-19-12-9-10(13(15)16)3-4-11(12)14/h3-4,9,15-16H,2,5-8H2,1H3. The molecule has 1 aromatic carbocycles. The second-order valence-electron chi connectivity index (χ2n) is 3.87. The van der Waals surface area contributed by atoms with Gasteiger partial charge < -0.3 is 24.3 Å². The van der Waals surface area contributed by atoms with Crippen LogP contribution in [0.5, 0.6) is 5.75 Å².